The Hall–Kier alpha value is -3.15. The third kappa shape index (κ3) is 4.10. The van der Waals surface area contributed by atoms with E-state index in [9.17, 15) is 14.4 Å². The maximum atomic E-state index is 13.0. The Balaban J connectivity index is 1.34. The average Bonchev–Trinajstić information content (AvgIpc) is 2.85. The highest BCUT2D eigenvalue weighted by atomic mass is 16.2. The molecule has 3 atom stereocenters. The highest BCUT2D eigenvalue weighted by molar-refractivity contribution is 5.78. The predicted molar refractivity (Wildman–Crippen MR) is 143 cm³/mol. The van der Waals surface area contributed by atoms with Crippen molar-refractivity contribution in [1.82, 2.24) is 14.9 Å². The molecule has 2 aliphatic rings. The van der Waals surface area contributed by atoms with E-state index in [-0.39, 0.29) is 23.3 Å². The number of nitrogens with zero attached hydrogens (tertiary/aromatic N) is 1. The number of para-hydroxylation sites is 1. The highest BCUT2D eigenvalue weighted by Gasteiger charge is 2.51. The molecule has 1 fully saturated rings. The van der Waals surface area contributed by atoms with Gasteiger partial charge in [-0.1, -0.05) is 64.4 Å². The van der Waals surface area contributed by atoms with Crippen molar-refractivity contribution in [2.24, 2.45) is 11.3 Å². The van der Waals surface area contributed by atoms with Gasteiger partial charge in [0.15, 0.2) is 0 Å². The Labute approximate surface area is 212 Å². The van der Waals surface area contributed by atoms with Crippen molar-refractivity contribution < 1.29 is 4.79 Å². The van der Waals surface area contributed by atoms with Crippen molar-refractivity contribution in [2.45, 2.75) is 77.7 Å². The van der Waals surface area contributed by atoms with E-state index >= 15 is 0 Å². The Morgan fingerprint density at radius 3 is 2.69 bits per heavy atom. The molecule has 0 saturated heterocycles. The summed E-state index contributed by atoms with van der Waals surface area (Å²) < 4.78 is 0.994. The molecule has 1 amide bonds. The summed E-state index contributed by atoms with van der Waals surface area (Å²) in [5.41, 5.74) is 3.90. The van der Waals surface area contributed by atoms with Crippen molar-refractivity contribution in [3.05, 3.63) is 80.0 Å². The summed E-state index contributed by atoms with van der Waals surface area (Å²) in [6.07, 6.45) is 5.53. The molecule has 0 spiro atoms. The van der Waals surface area contributed by atoms with Crippen molar-refractivity contribution in [2.75, 3.05) is 6.54 Å². The summed E-state index contributed by atoms with van der Waals surface area (Å²) in [4.78, 5) is 41.0. The van der Waals surface area contributed by atoms with Gasteiger partial charge in [-0.25, -0.2) is 4.79 Å². The number of hydrogen-bond acceptors (Lipinski definition) is 3. The molecule has 1 aromatic heterocycles. The molecule has 6 nitrogen and oxygen atoms in total. The fourth-order valence-electron chi connectivity index (χ4n) is 7.06. The van der Waals surface area contributed by atoms with E-state index < -0.39 is 11.2 Å². The number of aromatic amines is 1. The first-order valence-electron chi connectivity index (χ1n) is 13.2. The van der Waals surface area contributed by atoms with Gasteiger partial charge in [0, 0.05) is 6.54 Å². The number of nitrogens with one attached hydrogen (secondary N) is 2. The van der Waals surface area contributed by atoms with Gasteiger partial charge in [-0.15, -0.1) is 0 Å². The first-order valence-corrected chi connectivity index (χ1v) is 13.2. The lowest BCUT2D eigenvalue weighted by Gasteiger charge is -2.55. The first kappa shape index (κ1) is 24.5. The summed E-state index contributed by atoms with van der Waals surface area (Å²) in [7, 11) is 0. The molecule has 1 heterocycles. The van der Waals surface area contributed by atoms with Crippen LogP contribution < -0.4 is 16.6 Å². The number of hydrogen-bond donors (Lipinski definition) is 2. The average molecular weight is 488 g/mol. The summed E-state index contributed by atoms with van der Waals surface area (Å²) in [5.74, 6) is 0.683. The molecule has 6 heteroatoms. The van der Waals surface area contributed by atoms with E-state index in [1.54, 1.807) is 24.3 Å². The number of aryl methyl sites for hydroxylation is 1. The number of H-pyrrole nitrogens is 1. The molecule has 1 saturated carbocycles. The first-order chi connectivity index (χ1) is 17.1. The number of amides is 1. The van der Waals surface area contributed by atoms with Gasteiger partial charge in [-0.3, -0.25) is 14.2 Å². The van der Waals surface area contributed by atoms with Crippen LogP contribution in [0, 0.1) is 11.3 Å². The van der Waals surface area contributed by atoms with Crippen LogP contribution in [0.15, 0.2) is 52.1 Å². The zero-order valence-electron chi connectivity index (χ0n) is 21.8. The van der Waals surface area contributed by atoms with E-state index in [0.29, 0.717) is 29.3 Å². The summed E-state index contributed by atoms with van der Waals surface area (Å²) in [6, 6.07) is 13.9. The van der Waals surface area contributed by atoms with Crippen LogP contribution in [0.25, 0.3) is 10.9 Å². The number of carbonyl (C=O) groups is 1. The highest BCUT2D eigenvalue weighted by Crippen LogP contribution is 2.57. The molecule has 3 aromatic rings. The van der Waals surface area contributed by atoms with E-state index in [2.05, 4.69) is 56.2 Å². The number of rotatable bonds is 5. The third-order valence-electron chi connectivity index (χ3n) is 9.05. The lowest BCUT2D eigenvalue weighted by molar-refractivity contribution is -0.123. The van der Waals surface area contributed by atoms with Crippen molar-refractivity contribution in [3.63, 3.8) is 0 Å². The lowest BCUT2D eigenvalue weighted by atomic mass is 9.49. The van der Waals surface area contributed by atoms with Crippen molar-refractivity contribution >= 4 is 16.8 Å². The molecular formula is C30H37N3O3. The van der Waals surface area contributed by atoms with Gasteiger partial charge in [0.05, 0.1) is 10.9 Å². The maximum Gasteiger partial charge on any atom is 0.329 e. The molecular weight excluding hydrogens is 450 g/mol. The van der Waals surface area contributed by atoms with E-state index in [1.807, 2.05) is 0 Å². The second kappa shape index (κ2) is 9.06. The second-order valence-electron chi connectivity index (χ2n) is 11.7. The zero-order valence-corrected chi connectivity index (χ0v) is 21.8. The van der Waals surface area contributed by atoms with Crippen molar-refractivity contribution in [1.29, 1.82) is 0 Å². The topological polar surface area (TPSA) is 84.0 Å². The number of aromatic nitrogens is 2. The van der Waals surface area contributed by atoms with Gasteiger partial charge in [-0.2, -0.15) is 0 Å². The van der Waals surface area contributed by atoms with Crippen LogP contribution in [0.2, 0.25) is 0 Å². The van der Waals surface area contributed by atoms with Crippen LogP contribution in [-0.2, 0) is 23.2 Å². The van der Waals surface area contributed by atoms with Crippen LogP contribution in [0.3, 0.4) is 0 Å². The molecule has 5 rings (SSSR count). The monoisotopic (exact) mass is 487 g/mol. The van der Waals surface area contributed by atoms with Crippen LogP contribution in [0.1, 0.15) is 76.0 Å². The van der Waals surface area contributed by atoms with Gasteiger partial charge in [0.2, 0.25) is 5.91 Å². The maximum absolute atomic E-state index is 13.0. The van der Waals surface area contributed by atoms with E-state index in [4.69, 9.17) is 0 Å². The minimum Gasteiger partial charge on any atom is -0.354 e. The molecule has 0 radical (unpaired) electrons. The number of benzene rings is 2. The quantitative estimate of drug-likeness (QED) is 0.550. The number of fused-ring (bicyclic) bond motifs is 4. The SMILES string of the molecule is CC(C)c1ccc2c(c1)CC[C@H]1[C@](C)(CNC(=O)Cn3c(=O)[nH]c4ccccc4c3=O)CCC[C@]21C. The van der Waals surface area contributed by atoms with Crippen LogP contribution in [0.5, 0.6) is 0 Å². The van der Waals surface area contributed by atoms with E-state index in [0.717, 1.165) is 36.7 Å². The third-order valence-corrected chi connectivity index (χ3v) is 9.05. The minimum atomic E-state index is -0.560. The molecule has 190 valence electrons. The smallest absolute Gasteiger partial charge is 0.329 e. The van der Waals surface area contributed by atoms with Crippen LogP contribution in [0.4, 0.5) is 0 Å². The van der Waals surface area contributed by atoms with Gasteiger partial charge in [0.1, 0.15) is 6.54 Å². The molecule has 0 bridgehead atoms. The fraction of sp³-hybridized carbons (Fsp3) is 0.500. The Kier molecular flexibility index (Phi) is 6.17. The molecule has 2 N–H and O–H groups in total. The molecule has 0 unspecified atom stereocenters. The molecule has 36 heavy (non-hydrogen) atoms. The summed E-state index contributed by atoms with van der Waals surface area (Å²) >= 11 is 0. The fourth-order valence-corrected chi connectivity index (χ4v) is 7.06. The van der Waals surface area contributed by atoms with E-state index in [1.165, 1.54) is 16.7 Å². The van der Waals surface area contributed by atoms with Gasteiger partial charge in [-0.05, 0) is 77.2 Å². The Morgan fingerprint density at radius 1 is 1.14 bits per heavy atom. The molecule has 2 aromatic carbocycles. The van der Waals surface area contributed by atoms with Gasteiger partial charge in [0.25, 0.3) is 5.56 Å². The number of carbonyl (C=O) groups excluding carboxylic acids is 1. The van der Waals surface area contributed by atoms with Crippen molar-refractivity contribution in [3.8, 4) is 0 Å². The summed E-state index contributed by atoms with van der Waals surface area (Å²) in [5, 5.41) is 3.49. The second-order valence-corrected chi connectivity index (χ2v) is 11.7. The van der Waals surface area contributed by atoms with Gasteiger partial charge >= 0.3 is 5.69 Å². The largest absolute Gasteiger partial charge is 0.354 e. The zero-order chi connectivity index (χ0) is 25.7. The summed E-state index contributed by atoms with van der Waals surface area (Å²) in [6.45, 7) is 9.48. The predicted octanol–water partition coefficient (Wildman–Crippen LogP) is 4.64. The Bertz CT molecular complexity index is 1440. The Morgan fingerprint density at radius 2 is 1.92 bits per heavy atom. The standard InChI is InChI=1S/C30H37N3O3/c1-19(2)20-10-12-23-21(16-20)11-13-25-29(3,14-7-15-30(23,25)4)18-31-26(34)17-33-27(35)22-8-5-6-9-24(22)32-28(33)36/h5-6,8-10,12,16,19,25H,7,11,13-15,17-18H2,1-4H3,(H,31,34)(H,32,36)/t25-,29-,30+/m0/s1. The van der Waals surface area contributed by atoms with Crippen LogP contribution >= 0.6 is 0 Å². The molecule has 2 aliphatic carbocycles. The van der Waals surface area contributed by atoms with Gasteiger partial charge < -0.3 is 10.3 Å². The van der Waals surface area contributed by atoms with Crippen LogP contribution in [-0.4, -0.2) is 22.0 Å². The lowest BCUT2D eigenvalue weighted by Crippen LogP contribution is -2.53. The normalized spacial score (nSPS) is 25.4. The minimum absolute atomic E-state index is 0.0438. The molecule has 0 aliphatic heterocycles.